The molecule has 2 rings (SSSR count). The maximum Gasteiger partial charge on any atom is 0.252 e. The largest absolute Gasteiger partial charge is 0.387 e. The Hall–Kier alpha value is -0.780. The Labute approximate surface area is 148 Å². The van der Waals surface area contributed by atoms with Crippen molar-refractivity contribution < 1.29 is 29.2 Å². The molecule has 128 valence electrons. The molecule has 1 saturated heterocycles. The van der Waals surface area contributed by atoms with Gasteiger partial charge in [0.05, 0.1) is 0 Å². The molecule has 0 radical (unpaired) electrons. The van der Waals surface area contributed by atoms with E-state index in [0.29, 0.717) is 6.54 Å². The van der Waals surface area contributed by atoms with Gasteiger partial charge in [-0.15, -0.1) is 0 Å². The van der Waals surface area contributed by atoms with Crippen LogP contribution in [0.4, 0.5) is 0 Å². The highest BCUT2D eigenvalue weighted by molar-refractivity contribution is 14.1. The molecule has 0 aromatic heterocycles. The Morgan fingerprint density at radius 3 is 2.43 bits per heavy atom. The number of methoxy groups -OCH3 is 2. The lowest BCUT2D eigenvalue weighted by Crippen LogP contribution is -2.62. The van der Waals surface area contributed by atoms with Crippen LogP contribution in [0.15, 0.2) is 24.3 Å². The van der Waals surface area contributed by atoms with Crippen LogP contribution >= 0.6 is 22.6 Å². The van der Waals surface area contributed by atoms with Gasteiger partial charge in [0.1, 0.15) is 18.3 Å². The van der Waals surface area contributed by atoms with E-state index in [-0.39, 0.29) is 0 Å². The second-order valence-corrected chi connectivity index (χ2v) is 6.43. The highest BCUT2D eigenvalue weighted by Gasteiger charge is 2.47. The maximum absolute atomic E-state index is 12.4. The third-order valence-electron chi connectivity index (χ3n) is 3.69. The predicted octanol–water partition coefficient (Wildman–Crippen LogP) is 0.0155. The average Bonchev–Trinajstić information content (AvgIpc) is 2.56. The first-order valence-electron chi connectivity index (χ1n) is 7.07. The molecule has 1 amide bonds. The fraction of sp³-hybridized carbons (Fsp3) is 0.533. The summed E-state index contributed by atoms with van der Waals surface area (Å²) in [5.41, 5.74) is 0.937. The van der Waals surface area contributed by atoms with Crippen LogP contribution in [-0.4, -0.2) is 61.0 Å². The molecule has 0 bridgehead atoms. The van der Waals surface area contributed by atoms with Crippen LogP contribution in [0.25, 0.3) is 0 Å². The van der Waals surface area contributed by atoms with Crippen molar-refractivity contribution in [1.29, 1.82) is 0 Å². The second kappa shape index (κ2) is 8.36. The monoisotopic (exact) mass is 437 g/mol. The normalized spacial score (nSPS) is 30.9. The van der Waals surface area contributed by atoms with Gasteiger partial charge in [0.2, 0.25) is 0 Å². The number of benzene rings is 1. The van der Waals surface area contributed by atoms with Gasteiger partial charge in [0, 0.05) is 24.3 Å². The van der Waals surface area contributed by atoms with E-state index >= 15 is 0 Å². The minimum absolute atomic E-state index is 0.322. The molecule has 0 spiro atoms. The fourth-order valence-electron chi connectivity index (χ4n) is 2.40. The summed E-state index contributed by atoms with van der Waals surface area (Å²) >= 11 is 2.20. The quantitative estimate of drug-likeness (QED) is 0.562. The van der Waals surface area contributed by atoms with Gasteiger partial charge in [-0.25, -0.2) is 0 Å². The summed E-state index contributed by atoms with van der Waals surface area (Å²) in [5, 5.41) is 22.7. The second-order valence-electron chi connectivity index (χ2n) is 5.19. The van der Waals surface area contributed by atoms with Gasteiger partial charge >= 0.3 is 0 Å². The molecule has 3 N–H and O–H groups in total. The van der Waals surface area contributed by atoms with Crippen molar-refractivity contribution in [2.75, 3.05) is 14.2 Å². The van der Waals surface area contributed by atoms with Gasteiger partial charge in [-0.05, 0) is 40.3 Å². The van der Waals surface area contributed by atoms with E-state index in [9.17, 15) is 15.0 Å². The first-order valence-corrected chi connectivity index (χ1v) is 8.15. The first-order chi connectivity index (χ1) is 11.0. The van der Waals surface area contributed by atoms with E-state index in [1.54, 1.807) is 0 Å². The highest BCUT2D eigenvalue weighted by Crippen LogP contribution is 2.24. The highest BCUT2D eigenvalue weighted by atomic mass is 127. The molecule has 1 fully saturated rings. The molecule has 7 nitrogen and oxygen atoms in total. The number of ether oxygens (including phenoxy) is 3. The first kappa shape index (κ1) is 18.6. The zero-order valence-electron chi connectivity index (χ0n) is 12.8. The lowest BCUT2D eigenvalue weighted by Gasteiger charge is -2.40. The van der Waals surface area contributed by atoms with Gasteiger partial charge in [0.25, 0.3) is 5.91 Å². The molecule has 1 unspecified atom stereocenters. The van der Waals surface area contributed by atoms with Crippen LogP contribution in [0.1, 0.15) is 5.56 Å². The Morgan fingerprint density at radius 2 is 1.87 bits per heavy atom. The van der Waals surface area contributed by atoms with Crippen LogP contribution in [0.2, 0.25) is 0 Å². The zero-order valence-corrected chi connectivity index (χ0v) is 15.0. The molecule has 5 atom stereocenters. The van der Waals surface area contributed by atoms with Gasteiger partial charge in [-0.1, -0.05) is 12.1 Å². The summed E-state index contributed by atoms with van der Waals surface area (Å²) in [4.78, 5) is 12.4. The Bertz CT molecular complexity index is 525. The van der Waals surface area contributed by atoms with E-state index in [0.717, 1.165) is 9.13 Å². The minimum atomic E-state index is -1.29. The van der Waals surface area contributed by atoms with Crippen LogP contribution < -0.4 is 5.32 Å². The number of hydrogen-bond acceptors (Lipinski definition) is 6. The Morgan fingerprint density at radius 1 is 1.22 bits per heavy atom. The number of rotatable bonds is 5. The summed E-state index contributed by atoms with van der Waals surface area (Å²) in [7, 11) is 2.67. The SMILES string of the molecule is CO[C@@H]1OC(C(=O)NCc2ccc(I)cc2)[C@@H](OC)[C@H](O)[C@@H]1O. The predicted molar refractivity (Wildman–Crippen MR) is 89.5 cm³/mol. The molecule has 1 aliphatic heterocycles. The van der Waals surface area contributed by atoms with Crippen LogP contribution in [-0.2, 0) is 25.5 Å². The molecule has 1 aromatic carbocycles. The van der Waals surface area contributed by atoms with Crippen molar-refractivity contribution in [3.05, 3.63) is 33.4 Å². The van der Waals surface area contributed by atoms with Crippen molar-refractivity contribution in [2.45, 2.75) is 37.3 Å². The molecule has 1 heterocycles. The van der Waals surface area contributed by atoms with Crippen molar-refractivity contribution in [1.82, 2.24) is 5.32 Å². The number of amides is 1. The number of carbonyl (C=O) groups is 1. The summed E-state index contributed by atoms with van der Waals surface area (Å²) < 4.78 is 16.6. The third kappa shape index (κ3) is 4.40. The van der Waals surface area contributed by atoms with Gasteiger partial charge in [-0.3, -0.25) is 4.79 Å². The molecular formula is C15H20INO6. The average molecular weight is 437 g/mol. The summed E-state index contributed by atoms with van der Waals surface area (Å²) in [5.74, 6) is -0.441. The number of aliphatic hydroxyl groups is 2. The van der Waals surface area contributed by atoms with E-state index in [1.807, 2.05) is 24.3 Å². The van der Waals surface area contributed by atoms with Crippen molar-refractivity contribution in [2.24, 2.45) is 0 Å². The Balaban J connectivity index is 2.02. The fourth-order valence-corrected chi connectivity index (χ4v) is 2.76. The number of aliphatic hydroxyl groups excluding tert-OH is 2. The molecule has 0 saturated carbocycles. The molecular weight excluding hydrogens is 417 g/mol. The van der Waals surface area contributed by atoms with Crippen molar-refractivity contribution >= 4 is 28.5 Å². The third-order valence-corrected chi connectivity index (χ3v) is 4.41. The lowest BCUT2D eigenvalue weighted by molar-refractivity contribution is -0.287. The summed E-state index contributed by atoms with van der Waals surface area (Å²) in [6.07, 6.45) is -5.72. The number of nitrogens with one attached hydrogen (secondary N) is 1. The van der Waals surface area contributed by atoms with E-state index in [2.05, 4.69) is 27.9 Å². The lowest BCUT2D eigenvalue weighted by atomic mass is 9.98. The molecule has 0 aliphatic carbocycles. The van der Waals surface area contributed by atoms with E-state index in [1.165, 1.54) is 14.2 Å². The minimum Gasteiger partial charge on any atom is -0.387 e. The molecule has 1 aliphatic rings. The number of carbonyl (C=O) groups excluding carboxylic acids is 1. The molecule has 23 heavy (non-hydrogen) atoms. The number of halogens is 1. The number of hydrogen-bond donors (Lipinski definition) is 3. The van der Waals surface area contributed by atoms with Gasteiger partial charge in [-0.2, -0.15) is 0 Å². The smallest absolute Gasteiger partial charge is 0.252 e. The van der Waals surface area contributed by atoms with Crippen molar-refractivity contribution in [3.63, 3.8) is 0 Å². The van der Waals surface area contributed by atoms with Gasteiger partial charge in [0.15, 0.2) is 12.4 Å². The van der Waals surface area contributed by atoms with E-state index < -0.39 is 36.6 Å². The van der Waals surface area contributed by atoms with E-state index in [4.69, 9.17) is 14.2 Å². The van der Waals surface area contributed by atoms with Gasteiger partial charge < -0.3 is 29.7 Å². The zero-order chi connectivity index (χ0) is 17.0. The molecule has 1 aromatic rings. The molecule has 8 heteroatoms. The summed E-state index contributed by atoms with van der Waals surface area (Å²) in [6.45, 7) is 0.322. The van der Waals surface area contributed by atoms with Crippen LogP contribution in [0.5, 0.6) is 0 Å². The Kier molecular flexibility index (Phi) is 6.74. The summed E-state index contributed by atoms with van der Waals surface area (Å²) in [6, 6.07) is 7.71. The van der Waals surface area contributed by atoms with Crippen LogP contribution in [0.3, 0.4) is 0 Å². The van der Waals surface area contributed by atoms with Crippen LogP contribution in [0, 0.1) is 3.57 Å². The van der Waals surface area contributed by atoms with Crippen molar-refractivity contribution in [3.8, 4) is 0 Å². The topological polar surface area (TPSA) is 97.3 Å². The standard InChI is InChI=1S/C15H20INO6/c1-21-12-10(18)11(19)15(22-2)23-13(12)14(20)17-7-8-3-5-9(16)6-4-8/h3-6,10-13,15,18-19H,7H2,1-2H3,(H,17,20)/t10-,11+,12+,13?,15-/m1/s1. The maximum atomic E-state index is 12.4.